The van der Waals surface area contributed by atoms with Gasteiger partial charge in [0.25, 0.3) is 0 Å². The van der Waals surface area contributed by atoms with Crippen LogP contribution in [0.15, 0.2) is 12.3 Å². The molecule has 1 aliphatic heterocycles. The fraction of sp³-hybridized carbons (Fsp3) is 0.538. The molecule has 1 aromatic heterocycles. The fourth-order valence-corrected chi connectivity index (χ4v) is 2.47. The minimum atomic E-state index is 0.445. The second-order valence-corrected chi connectivity index (χ2v) is 4.54. The molecule has 5 heteroatoms. The first kappa shape index (κ1) is 12.7. The Labute approximate surface area is 108 Å². The predicted molar refractivity (Wildman–Crippen MR) is 72.1 cm³/mol. The summed E-state index contributed by atoms with van der Waals surface area (Å²) in [5.74, 6) is 0.622. The second-order valence-electron chi connectivity index (χ2n) is 4.54. The van der Waals surface area contributed by atoms with Crippen molar-refractivity contribution in [3.63, 3.8) is 0 Å². The number of likely N-dealkylation sites (N-methyl/N-ethyl adjacent to an activating group) is 1. The first-order valence-electron chi connectivity index (χ1n) is 6.38. The highest BCUT2D eigenvalue weighted by atomic mass is 15.2. The molecule has 0 aliphatic carbocycles. The molecule has 0 aromatic carbocycles. The molecule has 96 valence electrons. The molecular formula is C13H19N5. The maximum Gasteiger partial charge on any atom is 0.150 e. The van der Waals surface area contributed by atoms with Crippen molar-refractivity contribution in [2.24, 2.45) is 0 Å². The Kier molecular flexibility index (Phi) is 4.00. The van der Waals surface area contributed by atoms with E-state index in [9.17, 15) is 0 Å². The number of hydrogen-bond acceptors (Lipinski definition) is 5. The van der Waals surface area contributed by atoms with Crippen molar-refractivity contribution < 1.29 is 0 Å². The molecule has 1 aliphatic rings. The SMILES string of the molecule is CCN1CCCC1CNc1nccc(C#N)c1N. The number of rotatable bonds is 4. The zero-order chi connectivity index (χ0) is 13.0. The van der Waals surface area contributed by atoms with E-state index in [1.54, 1.807) is 12.3 Å². The van der Waals surface area contributed by atoms with Crippen LogP contribution in [0.25, 0.3) is 0 Å². The molecule has 0 saturated carbocycles. The molecule has 1 atom stereocenters. The van der Waals surface area contributed by atoms with Crippen molar-refractivity contribution in [3.05, 3.63) is 17.8 Å². The van der Waals surface area contributed by atoms with Crippen LogP contribution in [0.2, 0.25) is 0 Å². The van der Waals surface area contributed by atoms with Crippen LogP contribution in [0.5, 0.6) is 0 Å². The van der Waals surface area contributed by atoms with Crippen LogP contribution in [-0.4, -0.2) is 35.6 Å². The number of anilines is 2. The number of nitrogens with zero attached hydrogens (tertiary/aromatic N) is 3. The van der Waals surface area contributed by atoms with Gasteiger partial charge in [0, 0.05) is 18.8 Å². The number of nitriles is 1. The summed E-state index contributed by atoms with van der Waals surface area (Å²) in [6.45, 7) is 5.26. The van der Waals surface area contributed by atoms with Crippen molar-refractivity contribution in [2.45, 2.75) is 25.8 Å². The summed E-state index contributed by atoms with van der Waals surface area (Å²) in [5.41, 5.74) is 6.81. The standard InChI is InChI=1S/C13H19N5/c1-2-18-7-3-4-11(18)9-17-13-12(15)10(8-14)5-6-16-13/h5-6,11H,2-4,7,9,15H2,1H3,(H,16,17). The number of hydrogen-bond donors (Lipinski definition) is 2. The van der Waals surface area contributed by atoms with Crippen LogP contribution in [0.4, 0.5) is 11.5 Å². The van der Waals surface area contributed by atoms with Crippen LogP contribution in [-0.2, 0) is 0 Å². The number of nitrogen functional groups attached to an aromatic ring is 1. The summed E-state index contributed by atoms with van der Waals surface area (Å²) >= 11 is 0. The van der Waals surface area contributed by atoms with E-state index in [1.165, 1.54) is 19.4 Å². The van der Waals surface area contributed by atoms with E-state index in [0.29, 0.717) is 23.1 Å². The highest BCUT2D eigenvalue weighted by Crippen LogP contribution is 2.21. The van der Waals surface area contributed by atoms with Crippen molar-refractivity contribution in [1.82, 2.24) is 9.88 Å². The number of likely N-dealkylation sites (tertiary alicyclic amines) is 1. The van der Waals surface area contributed by atoms with Gasteiger partial charge in [-0.1, -0.05) is 6.92 Å². The van der Waals surface area contributed by atoms with E-state index in [-0.39, 0.29) is 0 Å². The Morgan fingerprint density at radius 2 is 2.50 bits per heavy atom. The third kappa shape index (κ3) is 2.54. The van der Waals surface area contributed by atoms with Gasteiger partial charge in [0.2, 0.25) is 0 Å². The highest BCUT2D eigenvalue weighted by molar-refractivity contribution is 5.68. The first-order valence-corrected chi connectivity index (χ1v) is 6.38. The van der Waals surface area contributed by atoms with Crippen molar-refractivity contribution in [2.75, 3.05) is 30.7 Å². The predicted octanol–water partition coefficient (Wildman–Crippen LogP) is 1.43. The highest BCUT2D eigenvalue weighted by Gasteiger charge is 2.22. The van der Waals surface area contributed by atoms with Crippen LogP contribution >= 0.6 is 0 Å². The lowest BCUT2D eigenvalue weighted by molar-refractivity contribution is 0.277. The van der Waals surface area contributed by atoms with Gasteiger partial charge in [0.05, 0.1) is 11.3 Å². The molecule has 1 aromatic rings. The van der Waals surface area contributed by atoms with Gasteiger partial charge in [-0.2, -0.15) is 5.26 Å². The lowest BCUT2D eigenvalue weighted by Crippen LogP contribution is -2.34. The third-order valence-corrected chi connectivity index (χ3v) is 3.52. The number of pyridine rings is 1. The summed E-state index contributed by atoms with van der Waals surface area (Å²) in [7, 11) is 0. The maximum atomic E-state index is 8.91. The molecule has 0 bridgehead atoms. The largest absolute Gasteiger partial charge is 0.395 e. The van der Waals surface area contributed by atoms with Gasteiger partial charge in [0.15, 0.2) is 5.82 Å². The zero-order valence-corrected chi connectivity index (χ0v) is 10.7. The van der Waals surface area contributed by atoms with Crippen LogP contribution in [0.1, 0.15) is 25.3 Å². The monoisotopic (exact) mass is 245 g/mol. The normalized spacial score (nSPS) is 19.7. The Bertz CT molecular complexity index is 451. The molecule has 3 N–H and O–H groups in total. The summed E-state index contributed by atoms with van der Waals surface area (Å²) in [4.78, 5) is 6.65. The topological polar surface area (TPSA) is 78.0 Å². The van der Waals surface area contributed by atoms with E-state index in [2.05, 4.69) is 28.2 Å². The Hall–Kier alpha value is -1.80. The van der Waals surface area contributed by atoms with Gasteiger partial charge in [-0.25, -0.2) is 4.98 Å². The van der Waals surface area contributed by atoms with Gasteiger partial charge in [-0.3, -0.25) is 4.90 Å². The van der Waals surface area contributed by atoms with Gasteiger partial charge in [-0.15, -0.1) is 0 Å². The molecule has 1 saturated heterocycles. The van der Waals surface area contributed by atoms with Gasteiger partial charge in [0.1, 0.15) is 6.07 Å². The van der Waals surface area contributed by atoms with E-state index in [4.69, 9.17) is 11.0 Å². The minimum Gasteiger partial charge on any atom is -0.395 e. The average molecular weight is 245 g/mol. The molecule has 1 fully saturated rings. The molecule has 18 heavy (non-hydrogen) atoms. The molecule has 5 nitrogen and oxygen atoms in total. The zero-order valence-electron chi connectivity index (χ0n) is 10.7. The summed E-state index contributed by atoms with van der Waals surface area (Å²) < 4.78 is 0. The van der Waals surface area contributed by atoms with E-state index in [0.717, 1.165) is 13.1 Å². The quantitative estimate of drug-likeness (QED) is 0.839. The molecular weight excluding hydrogens is 226 g/mol. The molecule has 0 spiro atoms. The lowest BCUT2D eigenvalue weighted by Gasteiger charge is -2.23. The second kappa shape index (κ2) is 5.69. The number of nitrogens with one attached hydrogen (secondary N) is 1. The molecule has 0 amide bonds. The number of nitrogens with two attached hydrogens (primary N) is 1. The van der Waals surface area contributed by atoms with E-state index < -0.39 is 0 Å². The summed E-state index contributed by atoms with van der Waals surface area (Å²) in [5, 5.41) is 12.2. The number of aromatic nitrogens is 1. The van der Waals surface area contributed by atoms with E-state index in [1.807, 2.05) is 0 Å². The van der Waals surface area contributed by atoms with Crippen LogP contribution in [0.3, 0.4) is 0 Å². The maximum absolute atomic E-state index is 8.91. The smallest absolute Gasteiger partial charge is 0.150 e. The third-order valence-electron chi connectivity index (χ3n) is 3.52. The lowest BCUT2D eigenvalue weighted by atomic mass is 10.2. The van der Waals surface area contributed by atoms with Gasteiger partial charge in [-0.05, 0) is 32.0 Å². The van der Waals surface area contributed by atoms with Crippen LogP contribution in [0, 0.1) is 11.3 Å². The molecule has 0 radical (unpaired) electrons. The molecule has 1 unspecified atom stereocenters. The van der Waals surface area contributed by atoms with Gasteiger partial charge < -0.3 is 11.1 Å². The van der Waals surface area contributed by atoms with Gasteiger partial charge >= 0.3 is 0 Å². The van der Waals surface area contributed by atoms with Crippen molar-refractivity contribution >= 4 is 11.5 Å². The summed E-state index contributed by atoms with van der Waals surface area (Å²) in [6, 6.07) is 4.24. The minimum absolute atomic E-state index is 0.445. The Morgan fingerprint density at radius 3 is 3.22 bits per heavy atom. The fourth-order valence-electron chi connectivity index (χ4n) is 2.47. The summed E-state index contributed by atoms with van der Waals surface area (Å²) in [6.07, 6.45) is 4.07. The first-order chi connectivity index (χ1) is 8.76. The van der Waals surface area contributed by atoms with E-state index >= 15 is 0 Å². The average Bonchev–Trinajstić information content (AvgIpc) is 2.85. The van der Waals surface area contributed by atoms with Crippen LogP contribution < -0.4 is 11.1 Å². The Balaban J connectivity index is 2.00. The molecule has 2 rings (SSSR count). The van der Waals surface area contributed by atoms with Crippen molar-refractivity contribution in [1.29, 1.82) is 5.26 Å². The van der Waals surface area contributed by atoms with Crippen molar-refractivity contribution in [3.8, 4) is 6.07 Å². The molecule has 2 heterocycles. The Morgan fingerprint density at radius 1 is 1.67 bits per heavy atom.